The molecule has 2 amide bonds. The summed E-state index contributed by atoms with van der Waals surface area (Å²) in [6.45, 7) is 2.35. The van der Waals surface area contributed by atoms with Crippen LogP contribution in [-0.2, 0) is 4.79 Å². The summed E-state index contributed by atoms with van der Waals surface area (Å²) in [7, 11) is 3.25. The molecule has 3 N–H and O–H groups in total. The largest absolute Gasteiger partial charge is 0.495 e. The SMILES string of the molecule is CNCC(C)C(=O)Nc1ccc(OC)c(NC(=O)c2cccc(F)c2)c1. The third-order valence-corrected chi connectivity index (χ3v) is 3.76. The van der Waals surface area contributed by atoms with Crippen molar-refractivity contribution in [3.63, 3.8) is 0 Å². The first-order chi connectivity index (χ1) is 12.4. The van der Waals surface area contributed by atoms with Crippen LogP contribution < -0.4 is 20.7 Å². The summed E-state index contributed by atoms with van der Waals surface area (Å²) < 4.78 is 18.5. The average molecular weight is 359 g/mol. The van der Waals surface area contributed by atoms with Gasteiger partial charge in [0.05, 0.1) is 12.8 Å². The molecule has 2 rings (SSSR count). The summed E-state index contributed by atoms with van der Waals surface area (Å²) in [5.41, 5.74) is 1.08. The predicted octanol–water partition coefficient (Wildman–Crippen LogP) is 2.88. The molecule has 1 unspecified atom stereocenters. The lowest BCUT2D eigenvalue weighted by Gasteiger charge is -2.15. The van der Waals surface area contributed by atoms with Gasteiger partial charge in [-0.15, -0.1) is 0 Å². The van der Waals surface area contributed by atoms with Crippen LogP contribution in [0.4, 0.5) is 15.8 Å². The molecule has 0 radical (unpaired) electrons. The molecule has 138 valence electrons. The molecule has 7 heteroatoms. The number of nitrogens with one attached hydrogen (secondary N) is 3. The van der Waals surface area contributed by atoms with Crippen molar-refractivity contribution >= 4 is 23.2 Å². The van der Waals surface area contributed by atoms with Crippen LogP contribution in [0.25, 0.3) is 0 Å². The molecule has 0 bridgehead atoms. The summed E-state index contributed by atoms with van der Waals surface area (Å²) in [6.07, 6.45) is 0. The number of carbonyl (C=O) groups is 2. The molecule has 2 aromatic rings. The second kappa shape index (κ2) is 8.96. The van der Waals surface area contributed by atoms with Gasteiger partial charge in [-0.1, -0.05) is 13.0 Å². The molecule has 0 aliphatic heterocycles. The van der Waals surface area contributed by atoms with E-state index in [0.29, 0.717) is 23.7 Å². The number of anilines is 2. The van der Waals surface area contributed by atoms with Gasteiger partial charge in [0.2, 0.25) is 5.91 Å². The fourth-order valence-electron chi connectivity index (χ4n) is 2.37. The Morgan fingerprint density at radius 2 is 1.92 bits per heavy atom. The Kier molecular flexibility index (Phi) is 6.68. The predicted molar refractivity (Wildman–Crippen MR) is 99.1 cm³/mol. The first-order valence-corrected chi connectivity index (χ1v) is 8.15. The minimum absolute atomic E-state index is 0.146. The zero-order valence-electron chi connectivity index (χ0n) is 14.9. The van der Waals surface area contributed by atoms with Crippen LogP contribution >= 0.6 is 0 Å². The summed E-state index contributed by atoms with van der Waals surface area (Å²) in [5.74, 6) is -0.908. The number of hydrogen-bond donors (Lipinski definition) is 3. The Labute approximate surface area is 151 Å². The molecular formula is C19H22FN3O3. The molecule has 0 aromatic heterocycles. The van der Waals surface area contributed by atoms with Gasteiger partial charge < -0.3 is 20.7 Å². The highest BCUT2D eigenvalue weighted by atomic mass is 19.1. The Morgan fingerprint density at radius 1 is 1.15 bits per heavy atom. The molecule has 0 aliphatic carbocycles. The number of amides is 2. The maximum absolute atomic E-state index is 13.3. The van der Waals surface area contributed by atoms with Crippen LogP contribution in [-0.4, -0.2) is 32.5 Å². The van der Waals surface area contributed by atoms with Crippen LogP contribution in [0, 0.1) is 11.7 Å². The van der Waals surface area contributed by atoms with Crippen molar-refractivity contribution in [3.05, 3.63) is 53.8 Å². The van der Waals surface area contributed by atoms with Crippen molar-refractivity contribution in [3.8, 4) is 5.75 Å². The monoisotopic (exact) mass is 359 g/mol. The van der Waals surface area contributed by atoms with E-state index in [-0.39, 0.29) is 17.4 Å². The van der Waals surface area contributed by atoms with E-state index in [0.717, 1.165) is 6.07 Å². The molecule has 1 atom stereocenters. The van der Waals surface area contributed by atoms with Crippen molar-refractivity contribution < 1.29 is 18.7 Å². The van der Waals surface area contributed by atoms with Crippen molar-refractivity contribution in [1.29, 1.82) is 0 Å². The van der Waals surface area contributed by atoms with Gasteiger partial charge in [0.1, 0.15) is 11.6 Å². The lowest BCUT2D eigenvalue weighted by molar-refractivity contribution is -0.119. The molecule has 2 aromatic carbocycles. The number of carbonyl (C=O) groups excluding carboxylic acids is 2. The Bertz CT molecular complexity index is 795. The van der Waals surface area contributed by atoms with Crippen LogP contribution in [0.15, 0.2) is 42.5 Å². The first kappa shape index (κ1) is 19.4. The molecule has 0 aliphatic rings. The number of benzene rings is 2. The number of methoxy groups -OCH3 is 1. The lowest BCUT2D eigenvalue weighted by Crippen LogP contribution is -2.28. The lowest BCUT2D eigenvalue weighted by atomic mass is 10.1. The van der Waals surface area contributed by atoms with Crippen LogP contribution in [0.1, 0.15) is 17.3 Å². The molecule has 26 heavy (non-hydrogen) atoms. The zero-order valence-corrected chi connectivity index (χ0v) is 14.9. The smallest absolute Gasteiger partial charge is 0.255 e. The van der Waals surface area contributed by atoms with Gasteiger partial charge >= 0.3 is 0 Å². The van der Waals surface area contributed by atoms with E-state index in [4.69, 9.17) is 4.74 Å². The van der Waals surface area contributed by atoms with Crippen LogP contribution in [0.5, 0.6) is 5.75 Å². The van der Waals surface area contributed by atoms with Gasteiger partial charge in [-0.25, -0.2) is 4.39 Å². The topological polar surface area (TPSA) is 79.5 Å². The number of ether oxygens (including phenoxy) is 1. The minimum atomic E-state index is -0.496. The number of halogens is 1. The van der Waals surface area contributed by atoms with Crippen molar-refractivity contribution in [1.82, 2.24) is 5.32 Å². The Balaban J connectivity index is 2.19. The zero-order chi connectivity index (χ0) is 19.1. The van der Waals surface area contributed by atoms with E-state index >= 15 is 0 Å². The van der Waals surface area contributed by atoms with E-state index in [1.807, 2.05) is 6.92 Å². The normalized spacial score (nSPS) is 11.5. The molecule has 0 heterocycles. The van der Waals surface area contributed by atoms with Gasteiger partial charge in [-0.05, 0) is 43.4 Å². The van der Waals surface area contributed by atoms with E-state index in [2.05, 4.69) is 16.0 Å². The number of rotatable bonds is 7. The van der Waals surface area contributed by atoms with E-state index in [9.17, 15) is 14.0 Å². The summed E-state index contributed by atoms with van der Waals surface area (Å²) in [6, 6.07) is 10.3. The quantitative estimate of drug-likeness (QED) is 0.710. The van der Waals surface area contributed by atoms with E-state index in [1.165, 1.54) is 25.3 Å². The highest BCUT2D eigenvalue weighted by molar-refractivity contribution is 6.05. The van der Waals surface area contributed by atoms with E-state index < -0.39 is 11.7 Å². The Morgan fingerprint density at radius 3 is 2.58 bits per heavy atom. The summed E-state index contributed by atoms with van der Waals surface area (Å²) >= 11 is 0. The molecular weight excluding hydrogens is 337 g/mol. The first-order valence-electron chi connectivity index (χ1n) is 8.15. The van der Waals surface area contributed by atoms with Crippen LogP contribution in [0.2, 0.25) is 0 Å². The molecule has 0 saturated carbocycles. The third kappa shape index (κ3) is 5.03. The van der Waals surface area contributed by atoms with E-state index in [1.54, 1.807) is 25.2 Å². The molecule has 0 spiro atoms. The van der Waals surface area contributed by atoms with Gasteiger partial charge in [0.25, 0.3) is 5.91 Å². The fraction of sp³-hybridized carbons (Fsp3) is 0.263. The van der Waals surface area contributed by atoms with Crippen LogP contribution in [0.3, 0.4) is 0 Å². The second-order valence-corrected chi connectivity index (χ2v) is 5.83. The summed E-state index contributed by atoms with van der Waals surface area (Å²) in [4.78, 5) is 24.5. The standard InChI is InChI=1S/C19H22FN3O3/c1-12(11-21-2)18(24)22-15-7-8-17(26-3)16(10-15)23-19(25)13-5-4-6-14(20)9-13/h4-10,12,21H,11H2,1-3H3,(H,22,24)(H,23,25). The third-order valence-electron chi connectivity index (χ3n) is 3.76. The number of hydrogen-bond acceptors (Lipinski definition) is 4. The van der Waals surface area contributed by atoms with Crippen molar-refractivity contribution in [2.75, 3.05) is 31.3 Å². The second-order valence-electron chi connectivity index (χ2n) is 5.83. The maximum atomic E-state index is 13.3. The van der Waals surface area contributed by atoms with Gasteiger partial charge in [-0.3, -0.25) is 9.59 Å². The molecule has 0 saturated heterocycles. The summed E-state index contributed by atoms with van der Waals surface area (Å²) in [5, 5.41) is 8.42. The Hall–Kier alpha value is -2.93. The molecule has 0 fully saturated rings. The average Bonchev–Trinajstić information content (AvgIpc) is 2.62. The van der Waals surface area contributed by atoms with Crippen molar-refractivity contribution in [2.45, 2.75) is 6.92 Å². The van der Waals surface area contributed by atoms with Gasteiger partial charge in [0.15, 0.2) is 0 Å². The molecule has 6 nitrogen and oxygen atoms in total. The highest BCUT2D eigenvalue weighted by Crippen LogP contribution is 2.28. The minimum Gasteiger partial charge on any atom is -0.495 e. The highest BCUT2D eigenvalue weighted by Gasteiger charge is 2.15. The van der Waals surface area contributed by atoms with Gasteiger partial charge in [0, 0.05) is 23.7 Å². The van der Waals surface area contributed by atoms with Gasteiger partial charge in [-0.2, -0.15) is 0 Å². The maximum Gasteiger partial charge on any atom is 0.255 e. The van der Waals surface area contributed by atoms with Crippen molar-refractivity contribution in [2.24, 2.45) is 5.92 Å². The fourth-order valence-corrected chi connectivity index (χ4v) is 2.37.